The first-order valence-electron chi connectivity index (χ1n) is 7.41. The van der Waals surface area contributed by atoms with Crippen LogP contribution in [0.5, 0.6) is 0 Å². The lowest BCUT2D eigenvalue weighted by Crippen LogP contribution is -2.46. The van der Waals surface area contributed by atoms with Crippen LogP contribution in [-0.2, 0) is 0 Å². The van der Waals surface area contributed by atoms with E-state index in [0.717, 1.165) is 23.5 Å². The molecule has 0 unspecified atom stereocenters. The molecule has 0 amide bonds. The van der Waals surface area contributed by atoms with E-state index >= 15 is 0 Å². The smallest absolute Gasteiger partial charge is 0.173 e. The summed E-state index contributed by atoms with van der Waals surface area (Å²) in [6, 6.07) is 11.0. The maximum Gasteiger partial charge on any atom is 0.173 e. The molecule has 19 heavy (non-hydrogen) atoms. The van der Waals surface area contributed by atoms with Crippen LogP contribution in [0.25, 0.3) is 0 Å². The molecule has 1 aromatic carbocycles. The van der Waals surface area contributed by atoms with Crippen molar-refractivity contribution in [2.45, 2.75) is 38.6 Å². The highest BCUT2D eigenvalue weighted by Crippen LogP contribution is 2.44. The number of nitrogens with one attached hydrogen (secondary N) is 1. The molecule has 3 atom stereocenters. The van der Waals surface area contributed by atoms with Crippen LogP contribution in [-0.4, -0.2) is 17.7 Å². The van der Waals surface area contributed by atoms with Crippen LogP contribution >= 0.6 is 12.2 Å². The molecular weight excluding hydrogens is 252 g/mol. The number of fused-ring (bicyclic) bond motifs is 2. The third-order valence-electron chi connectivity index (χ3n) is 4.68. The van der Waals surface area contributed by atoms with Gasteiger partial charge in [-0.2, -0.15) is 0 Å². The van der Waals surface area contributed by atoms with Gasteiger partial charge >= 0.3 is 0 Å². The SMILES string of the molecule is CCN(C(=S)N[C@@H]1C[C@@H]2CC[C@@H]1C2)c1ccccc1. The Hall–Kier alpha value is -1.09. The summed E-state index contributed by atoms with van der Waals surface area (Å²) in [7, 11) is 0. The summed E-state index contributed by atoms with van der Waals surface area (Å²) in [6.07, 6.45) is 5.56. The van der Waals surface area contributed by atoms with E-state index in [9.17, 15) is 0 Å². The summed E-state index contributed by atoms with van der Waals surface area (Å²) in [5.74, 6) is 1.81. The van der Waals surface area contributed by atoms with Crippen molar-refractivity contribution in [1.82, 2.24) is 5.32 Å². The fourth-order valence-corrected chi connectivity index (χ4v) is 4.10. The normalized spacial score (nSPS) is 28.4. The van der Waals surface area contributed by atoms with Crippen LogP contribution in [0, 0.1) is 11.8 Å². The monoisotopic (exact) mass is 274 g/mol. The molecule has 1 aromatic rings. The molecule has 1 N–H and O–H groups in total. The molecule has 0 radical (unpaired) electrons. The van der Waals surface area contributed by atoms with E-state index in [0.29, 0.717) is 6.04 Å². The third kappa shape index (κ3) is 2.62. The number of nitrogens with zero attached hydrogens (tertiary/aromatic N) is 1. The Balaban J connectivity index is 1.65. The molecule has 2 saturated carbocycles. The van der Waals surface area contributed by atoms with E-state index in [2.05, 4.69) is 41.4 Å². The van der Waals surface area contributed by atoms with Gasteiger partial charge in [-0.05, 0) is 62.4 Å². The fraction of sp³-hybridized carbons (Fsp3) is 0.562. The second kappa shape index (κ2) is 5.49. The largest absolute Gasteiger partial charge is 0.359 e. The highest BCUT2D eigenvalue weighted by Gasteiger charge is 2.39. The van der Waals surface area contributed by atoms with E-state index in [1.54, 1.807) is 0 Å². The molecule has 102 valence electrons. The third-order valence-corrected chi connectivity index (χ3v) is 5.01. The molecule has 2 fully saturated rings. The first-order chi connectivity index (χ1) is 9.28. The van der Waals surface area contributed by atoms with Crippen molar-refractivity contribution in [1.29, 1.82) is 0 Å². The molecule has 2 nitrogen and oxygen atoms in total. The molecule has 0 spiro atoms. The molecule has 0 saturated heterocycles. The topological polar surface area (TPSA) is 15.3 Å². The lowest BCUT2D eigenvalue weighted by Gasteiger charge is -2.30. The Labute approximate surface area is 121 Å². The van der Waals surface area contributed by atoms with Crippen LogP contribution < -0.4 is 10.2 Å². The van der Waals surface area contributed by atoms with E-state index in [1.807, 2.05) is 6.07 Å². The number of para-hydroxylation sites is 1. The van der Waals surface area contributed by atoms with Gasteiger partial charge in [0.15, 0.2) is 5.11 Å². The molecule has 3 rings (SSSR count). The Morgan fingerprint density at radius 1 is 1.26 bits per heavy atom. The van der Waals surface area contributed by atoms with Gasteiger partial charge in [0, 0.05) is 18.3 Å². The summed E-state index contributed by atoms with van der Waals surface area (Å²) >= 11 is 5.62. The van der Waals surface area contributed by atoms with Gasteiger partial charge in [0.2, 0.25) is 0 Å². The lowest BCUT2D eigenvalue weighted by atomic mass is 9.95. The van der Waals surface area contributed by atoms with Crippen molar-refractivity contribution in [2.24, 2.45) is 11.8 Å². The molecule has 2 aliphatic rings. The zero-order valence-electron chi connectivity index (χ0n) is 11.5. The van der Waals surface area contributed by atoms with Gasteiger partial charge in [-0.3, -0.25) is 0 Å². The molecule has 2 bridgehead atoms. The summed E-state index contributed by atoms with van der Waals surface area (Å²) in [6.45, 7) is 3.07. The second-order valence-electron chi connectivity index (χ2n) is 5.81. The van der Waals surface area contributed by atoms with Crippen molar-refractivity contribution >= 4 is 23.0 Å². The van der Waals surface area contributed by atoms with Crippen LogP contribution in [0.3, 0.4) is 0 Å². The lowest BCUT2D eigenvalue weighted by molar-refractivity contribution is 0.390. The Bertz CT molecular complexity index is 445. The van der Waals surface area contributed by atoms with E-state index in [-0.39, 0.29) is 0 Å². The van der Waals surface area contributed by atoms with Crippen LogP contribution in [0.4, 0.5) is 5.69 Å². The maximum atomic E-state index is 5.62. The zero-order valence-corrected chi connectivity index (χ0v) is 12.3. The summed E-state index contributed by atoms with van der Waals surface area (Å²) in [5.41, 5.74) is 1.19. The predicted molar refractivity (Wildman–Crippen MR) is 84.4 cm³/mol. The molecule has 0 heterocycles. The molecule has 0 aromatic heterocycles. The van der Waals surface area contributed by atoms with Gasteiger partial charge in [-0.1, -0.05) is 24.6 Å². The number of anilines is 1. The number of benzene rings is 1. The average molecular weight is 274 g/mol. The van der Waals surface area contributed by atoms with Gasteiger partial charge in [-0.25, -0.2) is 0 Å². The van der Waals surface area contributed by atoms with Crippen LogP contribution in [0.2, 0.25) is 0 Å². The van der Waals surface area contributed by atoms with Gasteiger partial charge < -0.3 is 10.2 Å². The van der Waals surface area contributed by atoms with Crippen molar-refractivity contribution in [3.8, 4) is 0 Å². The molecule has 0 aliphatic heterocycles. The minimum Gasteiger partial charge on any atom is -0.359 e. The fourth-order valence-electron chi connectivity index (χ4n) is 3.71. The zero-order chi connectivity index (χ0) is 13.2. The molecule has 2 aliphatic carbocycles. The summed E-state index contributed by atoms with van der Waals surface area (Å²) < 4.78 is 0. The van der Waals surface area contributed by atoms with E-state index in [1.165, 1.54) is 31.4 Å². The maximum absolute atomic E-state index is 5.62. The highest BCUT2D eigenvalue weighted by atomic mass is 32.1. The number of thiocarbonyl (C=S) groups is 1. The Kier molecular flexibility index (Phi) is 3.74. The van der Waals surface area contributed by atoms with E-state index < -0.39 is 0 Å². The number of rotatable bonds is 3. The van der Waals surface area contributed by atoms with Gasteiger partial charge in [-0.15, -0.1) is 0 Å². The summed E-state index contributed by atoms with van der Waals surface area (Å²) in [5, 5.41) is 4.51. The minimum absolute atomic E-state index is 0.615. The average Bonchev–Trinajstić information content (AvgIpc) is 3.03. The molecular formula is C16H22N2S. The highest BCUT2D eigenvalue weighted by molar-refractivity contribution is 7.80. The van der Waals surface area contributed by atoms with Crippen LogP contribution in [0.1, 0.15) is 32.6 Å². The van der Waals surface area contributed by atoms with Crippen molar-refractivity contribution in [2.75, 3.05) is 11.4 Å². The van der Waals surface area contributed by atoms with Gasteiger partial charge in [0.25, 0.3) is 0 Å². The number of hydrogen-bond donors (Lipinski definition) is 1. The predicted octanol–water partition coefficient (Wildman–Crippen LogP) is 3.58. The second-order valence-corrected chi connectivity index (χ2v) is 6.20. The van der Waals surface area contributed by atoms with Crippen molar-refractivity contribution < 1.29 is 0 Å². The Morgan fingerprint density at radius 2 is 2.05 bits per heavy atom. The number of hydrogen-bond acceptors (Lipinski definition) is 1. The summed E-state index contributed by atoms with van der Waals surface area (Å²) in [4.78, 5) is 2.20. The van der Waals surface area contributed by atoms with Gasteiger partial charge in [0.1, 0.15) is 0 Å². The van der Waals surface area contributed by atoms with Crippen LogP contribution in [0.15, 0.2) is 30.3 Å². The van der Waals surface area contributed by atoms with E-state index in [4.69, 9.17) is 12.2 Å². The van der Waals surface area contributed by atoms with Crippen molar-refractivity contribution in [3.63, 3.8) is 0 Å². The standard InChI is InChI=1S/C16H22N2S/c1-2-18(14-6-4-3-5-7-14)16(19)17-15-11-12-8-9-13(15)10-12/h3-7,12-13,15H,2,8-11H2,1H3,(H,17,19)/t12-,13-,15-/m1/s1. The Morgan fingerprint density at radius 3 is 2.63 bits per heavy atom. The minimum atomic E-state index is 0.615. The quantitative estimate of drug-likeness (QED) is 0.848. The first-order valence-corrected chi connectivity index (χ1v) is 7.82. The first kappa shape index (κ1) is 12.9. The molecule has 3 heteroatoms. The van der Waals surface area contributed by atoms with Gasteiger partial charge in [0.05, 0.1) is 0 Å². The van der Waals surface area contributed by atoms with Crippen molar-refractivity contribution in [3.05, 3.63) is 30.3 Å².